The van der Waals surface area contributed by atoms with Gasteiger partial charge < -0.3 is 42.3 Å². The summed E-state index contributed by atoms with van der Waals surface area (Å²) in [5.41, 5.74) is 11.1. The van der Waals surface area contributed by atoms with Crippen molar-refractivity contribution >= 4 is 35.6 Å². The van der Waals surface area contributed by atoms with Gasteiger partial charge in [-0.05, 0) is 45.1 Å². The van der Waals surface area contributed by atoms with E-state index >= 15 is 0 Å². The lowest BCUT2D eigenvalue weighted by atomic mass is 10.1. The van der Waals surface area contributed by atoms with E-state index in [1.165, 1.54) is 4.90 Å². The molecule has 14 nitrogen and oxygen atoms in total. The van der Waals surface area contributed by atoms with Crippen molar-refractivity contribution in [1.82, 2.24) is 15.5 Å². The molecule has 0 aromatic rings. The molecule has 0 spiro atoms. The summed E-state index contributed by atoms with van der Waals surface area (Å²) in [7, 11) is 0. The second-order valence-electron chi connectivity index (χ2n) is 8.07. The van der Waals surface area contributed by atoms with Crippen LogP contribution in [-0.4, -0.2) is 93.1 Å². The number of amides is 3. The Balaban J connectivity index is 2.94. The summed E-state index contributed by atoms with van der Waals surface area (Å²) < 4.78 is 0. The van der Waals surface area contributed by atoms with Gasteiger partial charge in [-0.25, -0.2) is 4.79 Å². The smallest absolute Gasteiger partial charge is 0.326 e. The highest BCUT2D eigenvalue weighted by molar-refractivity contribution is 5.95. The number of unbranched alkanes of at least 4 members (excludes halogenated alkanes) is 1. The van der Waals surface area contributed by atoms with E-state index in [2.05, 4.69) is 10.6 Å². The van der Waals surface area contributed by atoms with Crippen LogP contribution in [0.3, 0.4) is 0 Å². The topological polar surface area (TPSA) is 242 Å². The highest BCUT2D eigenvalue weighted by Gasteiger charge is 2.39. The minimum Gasteiger partial charge on any atom is -0.481 e. The third-order valence-corrected chi connectivity index (χ3v) is 5.39. The number of carbonyl (C=O) groups is 6. The summed E-state index contributed by atoms with van der Waals surface area (Å²) in [4.78, 5) is 72.5. The van der Waals surface area contributed by atoms with Crippen molar-refractivity contribution < 1.29 is 44.1 Å². The number of hydrogen-bond acceptors (Lipinski definition) is 8. The van der Waals surface area contributed by atoms with Crippen molar-refractivity contribution in [3.8, 4) is 0 Å². The van der Waals surface area contributed by atoms with Crippen LogP contribution in [0.15, 0.2) is 0 Å². The molecule has 1 aliphatic heterocycles. The van der Waals surface area contributed by atoms with Gasteiger partial charge in [-0.15, -0.1) is 0 Å². The van der Waals surface area contributed by atoms with Gasteiger partial charge >= 0.3 is 17.9 Å². The third-order valence-electron chi connectivity index (χ3n) is 5.39. The summed E-state index contributed by atoms with van der Waals surface area (Å²) in [5.74, 6) is -6.03. The maximum atomic E-state index is 13.2. The first-order valence-corrected chi connectivity index (χ1v) is 11.0. The molecule has 4 atom stereocenters. The summed E-state index contributed by atoms with van der Waals surface area (Å²) in [6.45, 7) is 0.545. The van der Waals surface area contributed by atoms with E-state index in [1.54, 1.807) is 0 Å². The Kier molecular flexibility index (Phi) is 11.9. The molecule has 1 rings (SSSR count). The molecule has 1 saturated heterocycles. The van der Waals surface area contributed by atoms with Gasteiger partial charge in [0.25, 0.3) is 0 Å². The van der Waals surface area contributed by atoms with Crippen LogP contribution in [0, 0.1) is 0 Å². The molecular formula is C20H33N5O9. The van der Waals surface area contributed by atoms with E-state index in [1.807, 2.05) is 0 Å². The molecule has 34 heavy (non-hydrogen) atoms. The van der Waals surface area contributed by atoms with Crippen molar-refractivity contribution in [3.05, 3.63) is 0 Å². The Bertz CT molecular complexity index is 776. The van der Waals surface area contributed by atoms with Gasteiger partial charge in [0.2, 0.25) is 17.7 Å². The predicted octanol–water partition coefficient (Wildman–Crippen LogP) is -2.17. The Morgan fingerprint density at radius 3 is 2.18 bits per heavy atom. The molecule has 4 unspecified atom stereocenters. The van der Waals surface area contributed by atoms with E-state index in [4.69, 9.17) is 21.7 Å². The lowest BCUT2D eigenvalue weighted by Gasteiger charge is -2.30. The highest BCUT2D eigenvalue weighted by atomic mass is 16.4. The average Bonchev–Trinajstić information content (AvgIpc) is 3.24. The number of rotatable bonds is 15. The Morgan fingerprint density at radius 2 is 1.62 bits per heavy atom. The van der Waals surface area contributed by atoms with Crippen molar-refractivity contribution in [1.29, 1.82) is 0 Å². The maximum absolute atomic E-state index is 13.2. The van der Waals surface area contributed by atoms with Gasteiger partial charge in [0.05, 0.1) is 12.5 Å². The zero-order chi connectivity index (χ0) is 25.8. The monoisotopic (exact) mass is 487 g/mol. The molecule has 0 aliphatic carbocycles. The second kappa shape index (κ2) is 14.1. The van der Waals surface area contributed by atoms with Crippen LogP contribution in [0.5, 0.6) is 0 Å². The zero-order valence-electron chi connectivity index (χ0n) is 18.8. The van der Waals surface area contributed by atoms with Crippen LogP contribution in [-0.2, 0) is 28.8 Å². The van der Waals surface area contributed by atoms with Crippen molar-refractivity contribution in [3.63, 3.8) is 0 Å². The Morgan fingerprint density at radius 1 is 0.941 bits per heavy atom. The molecule has 1 heterocycles. The number of carboxylic acid groups (broad SMARTS) is 3. The third kappa shape index (κ3) is 9.31. The van der Waals surface area contributed by atoms with Crippen LogP contribution in [0.1, 0.15) is 51.4 Å². The molecule has 0 aromatic heterocycles. The first kappa shape index (κ1) is 28.8. The summed E-state index contributed by atoms with van der Waals surface area (Å²) in [6, 6.07) is -4.88. The van der Waals surface area contributed by atoms with E-state index in [-0.39, 0.29) is 25.8 Å². The van der Waals surface area contributed by atoms with E-state index < -0.39 is 72.6 Å². The number of aliphatic carboxylic acids is 3. The number of nitrogens with two attached hydrogens (primary N) is 2. The van der Waals surface area contributed by atoms with Crippen molar-refractivity contribution in [2.24, 2.45) is 11.5 Å². The number of carbonyl (C=O) groups excluding carboxylic acids is 3. The normalized spacial score (nSPS) is 17.9. The zero-order valence-corrected chi connectivity index (χ0v) is 18.8. The maximum Gasteiger partial charge on any atom is 0.326 e. The highest BCUT2D eigenvalue weighted by Crippen LogP contribution is 2.20. The number of nitrogens with zero attached hydrogens (tertiary/aromatic N) is 1. The van der Waals surface area contributed by atoms with Gasteiger partial charge in [0.15, 0.2) is 0 Å². The molecule has 0 aromatic carbocycles. The fourth-order valence-corrected chi connectivity index (χ4v) is 3.61. The first-order chi connectivity index (χ1) is 16.0. The molecule has 3 amide bonds. The lowest BCUT2D eigenvalue weighted by molar-refractivity contribution is -0.145. The van der Waals surface area contributed by atoms with E-state index in [0.29, 0.717) is 25.8 Å². The molecule has 0 bridgehead atoms. The van der Waals surface area contributed by atoms with Crippen LogP contribution in [0.25, 0.3) is 0 Å². The van der Waals surface area contributed by atoms with Crippen LogP contribution >= 0.6 is 0 Å². The molecule has 9 N–H and O–H groups in total. The van der Waals surface area contributed by atoms with Gasteiger partial charge in [0, 0.05) is 13.0 Å². The van der Waals surface area contributed by atoms with Crippen molar-refractivity contribution in [2.75, 3.05) is 13.1 Å². The largest absolute Gasteiger partial charge is 0.481 e. The quantitative estimate of drug-likeness (QED) is 0.122. The first-order valence-electron chi connectivity index (χ1n) is 11.0. The van der Waals surface area contributed by atoms with Crippen LogP contribution in [0.4, 0.5) is 0 Å². The summed E-state index contributed by atoms with van der Waals surface area (Å²) in [5, 5.41) is 31.6. The van der Waals surface area contributed by atoms with Crippen LogP contribution in [0.2, 0.25) is 0 Å². The molecule has 14 heteroatoms. The van der Waals surface area contributed by atoms with Gasteiger partial charge in [-0.2, -0.15) is 0 Å². The number of hydrogen-bond donors (Lipinski definition) is 7. The number of nitrogens with one attached hydrogen (secondary N) is 2. The van der Waals surface area contributed by atoms with Gasteiger partial charge in [0.1, 0.15) is 18.1 Å². The van der Waals surface area contributed by atoms with Gasteiger partial charge in [-0.3, -0.25) is 24.0 Å². The average molecular weight is 488 g/mol. The fourth-order valence-electron chi connectivity index (χ4n) is 3.61. The Labute approximate surface area is 196 Å². The molecule has 1 aliphatic rings. The predicted molar refractivity (Wildman–Crippen MR) is 116 cm³/mol. The van der Waals surface area contributed by atoms with E-state index in [0.717, 1.165) is 0 Å². The summed E-state index contributed by atoms with van der Waals surface area (Å²) >= 11 is 0. The minimum absolute atomic E-state index is 0.183. The minimum atomic E-state index is -1.43. The van der Waals surface area contributed by atoms with Crippen molar-refractivity contribution in [2.45, 2.75) is 75.5 Å². The van der Waals surface area contributed by atoms with E-state index in [9.17, 15) is 33.9 Å². The molecular weight excluding hydrogens is 454 g/mol. The fraction of sp³-hybridized carbons (Fsp3) is 0.700. The summed E-state index contributed by atoms with van der Waals surface area (Å²) in [6.07, 6.45) is 0.521. The SMILES string of the molecule is NCCCCC(NC(=O)C(N)CC(=O)O)C(=O)N1CCCC1C(=O)NC(CCC(=O)O)C(=O)O. The number of likely N-dealkylation sites (tertiary alicyclic amines) is 1. The number of carboxylic acids is 3. The molecule has 0 saturated carbocycles. The second-order valence-corrected chi connectivity index (χ2v) is 8.07. The van der Waals surface area contributed by atoms with Gasteiger partial charge in [-0.1, -0.05) is 0 Å². The van der Waals surface area contributed by atoms with Crippen LogP contribution < -0.4 is 22.1 Å². The standard InChI is InChI=1S/C20H33N5O9/c21-8-2-1-4-12(23-17(30)11(22)10-16(28)29)19(32)25-9-3-5-14(25)18(31)24-13(20(33)34)6-7-15(26)27/h11-14H,1-10,21-22H2,(H,23,30)(H,24,31)(H,26,27)(H,28,29)(H,33,34). The molecule has 192 valence electrons. The molecule has 1 fully saturated rings. The lowest BCUT2D eigenvalue weighted by Crippen LogP contribution is -2.57. The molecule has 0 radical (unpaired) electrons. The Hall–Kier alpha value is -3.26.